The largest absolute Gasteiger partial charge is 0.508 e. The standard InChI is InChI=1S/C19H20N2O2S/c1-2-6-11-7-5-9-13(22)15(11)17-20-18(23)16-12-8-3-4-10-14(12)24-19(16)21-17/h2,5,7,9,17,21-22H,1,3-4,6,8,10H2,(H,20,23). The number of hydrogen-bond acceptors (Lipinski definition) is 4. The molecule has 0 fully saturated rings. The molecule has 0 saturated heterocycles. The maximum absolute atomic E-state index is 12.7. The quantitative estimate of drug-likeness (QED) is 0.742. The third kappa shape index (κ3) is 2.40. The van der Waals surface area contributed by atoms with Crippen LogP contribution in [-0.4, -0.2) is 11.0 Å². The second kappa shape index (κ2) is 5.98. The number of allylic oxidation sites excluding steroid dienone is 1. The number of phenolic OH excluding ortho intramolecular Hbond substituents is 1. The number of fused-ring (bicyclic) bond motifs is 3. The van der Waals surface area contributed by atoms with Crippen molar-refractivity contribution in [2.45, 2.75) is 38.3 Å². The fourth-order valence-corrected chi connectivity index (χ4v) is 5.00. The van der Waals surface area contributed by atoms with Crippen LogP contribution in [0.3, 0.4) is 0 Å². The van der Waals surface area contributed by atoms with Crippen molar-refractivity contribution in [2.24, 2.45) is 0 Å². The van der Waals surface area contributed by atoms with E-state index in [1.807, 2.05) is 12.1 Å². The second-order valence-corrected chi connectivity index (χ2v) is 7.41. The Bertz CT molecular complexity index is 825. The van der Waals surface area contributed by atoms with Crippen molar-refractivity contribution in [2.75, 3.05) is 5.32 Å². The van der Waals surface area contributed by atoms with Crippen molar-refractivity contribution in [3.63, 3.8) is 0 Å². The van der Waals surface area contributed by atoms with Crippen LogP contribution in [0.1, 0.15) is 50.9 Å². The van der Waals surface area contributed by atoms with Gasteiger partial charge in [0.05, 0.1) is 5.56 Å². The number of rotatable bonds is 3. The van der Waals surface area contributed by atoms with Crippen molar-refractivity contribution >= 4 is 22.2 Å². The summed E-state index contributed by atoms with van der Waals surface area (Å²) in [4.78, 5) is 14.1. The van der Waals surface area contributed by atoms with Crippen molar-refractivity contribution < 1.29 is 9.90 Å². The van der Waals surface area contributed by atoms with Crippen LogP contribution in [0, 0.1) is 0 Å². The van der Waals surface area contributed by atoms with Crippen LogP contribution in [0.2, 0.25) is 0 Å². The highest BCUT2D eigenvalue weighted by molar-refractivity contribution is 7.16. The third-order valence-corrected chi connectivity index (χ3v) is 6.00. The highest BCUT2D eigenvalue weighted by Gasteiger charge is 2.33. The first-order valence-corrected chi connectivity index (χ1v) is 9.14. The molecule has 0 saturated carbocycles. The van der Waals surface area contributed by atoms with E-state index in [1.165, 1.54) is 16.9 Å². The molecule has 1 aromatic carbocycles. The summed E-state index contributed by atoms with van der Waals surface area (Å²) in [6.45, 7) is 3.78. The number of carbonyl (C=O) groups excluding carboxylic acids is 1. The van der Waals surface area contributed by atoms with Gasteiger partial charge >= 0.3 is 0 Å². The van der Waals surface area contributed by atoms with Gasteiger partial charge in [0, 0.05) is 10.4 Å². The fourth-order valence-electron chi connectivity index (χ4n) is 3.69. The Kier molecular flexibility index (Phi) is 3.81. The molecule has 1 aliphatic carbocycles. The van der Waals surface area contributed by atoms with Crippen LogP contribution in [0.5, 0.6) is 5.75 Å². The molecule has 1 unspecified atom stereocenters. The van der Waals surface area contributed by atoms with Crippen LogP contribution in [-0.2, 0) is 19.3 Å². The molecule has 2 aromatic rings. The zero-order valence-corrected chi connectivity index (χ0v) is 14.2. The molecule has 3 N–H and O–H groups in total. The van der Waals surface area contributed by atoms with Crippen LogP contribution in [0.25, 0.3) is 0 Å². The zero-order valence-electron chi connectivity index (χ0n) is 13.4. The first-order chi connectivity index (χ1) is 11.7. The van der Waals surface area contributed by atoms with Gasteiger partial charge in [0.2, 0.25) is 0 Å². The molecular weight excluding hydrogens is 320 g/mol. The minimum atomic E-state index is -0.416. The highest BCUT2D eigenvalue weighted by atomic mass is 32.1. The van der Waals surface area contributed by atoms with Gasteiger partial charge in [-0.1, -0.05) is 18.2 Å². The predicted octanol–water partition coefficient (Wildman–Crippen LogP) is 3.92. The molecule has 1 aromatic heterocycles. The number of amides is 1. The molecule has 0 spiro atoms. The van der Waals surface area contributed by atoms with E-state index in [2.05, 4.69) is 17.2 Å². The molecule has 5 heteroatoms. The Labute approximate surface area is 145 Å². The molecule has 1 atom stereocenters. The van der Waals surface area contributed by atoms with E-state index in [0.29, 0.717) is 6.42 Å². The average Bonchev–Trinajstić information content (AvgIpc) is 2.94. The normalized spacial score (nSPS) is 19.0. The summed E-state index contributed by atoms with van der Waals surface area (Å²) in [5.74, 6) is 0.151. The number of benzene rings is 1. The molecule has 0 radical (unpaired) electrons. The van der Waals surface area contributed by atoms with Crippen molar-refractivity contribution in [1.82, 2.24) is 5.32 Å². The van der Waals surface area contributed by atoms with Crippen molar-refractivity contribution in [3.05, 3.63) is 58.0 Å². The minimum Gasteiger partial charge on any atom is -0.508 e. The topological polar surface area (TPSA) is 61.4 Å². The van der Waals surface area contributed by atoms with E-state index in [9.17, 15) is 9.90 Å². The monoisotopic (exact) mass is 340 g/mol. The van der Waals surface area contributed by atoms with Gasteiger partial charge < -0.3 is 15.7 Å². The molecule has 2 heterocycles. The summed E-state index contributed by atoms with van der Waals surface area (Å²) in [5.41, 5.74) is 3.72. The number of anilines is 1. The summed E-state index contributed by atoms with van der Waals surface area (Å²) >= 11 is 1.69. The maximum atomic E-state index is 12.7. The van der Waals surface area contributed by atoms with E-state index < -0.39 is 6.17 Å². The first-order valence-electron chi connectivity index (χ1n) is 8.32. The first kappa shape index (κ1) is 15.3. The van der Waals surface area contributed by atoms with Crippen molar-refractivity contribution in [1.29, 1.82) is 0 Å². The van der Waals surface area contributed by atoms with E-state index in [1.54, 1.807) is 23.5 Å². The van der Waals surface area contributed by atoms with Crippen LogP contribution >= 0.6 is 11.3 Å². The molecule has 1 aliphatic heterocycles. The molecule has 124 valence electrons. The number of aryl methyl sites for hydroxylation is 1. The lowest BCUT2D eigenvalue weighted by molar-refractivity contribution is 0.0935. The van der Waals surface area contributed by atoms with Gasteiger partial charge in [-0.25, -0.2) is 0 Å². The Morgan fingerprint density at radius 3 is 2.96 bits per heavy atom. The summed E-state index contributed by atoms with van der Waals surface area (Å²) in [6, 6.07) is 5.43. The average molecular weight is 340 g/mol. The van der Waals surface area contributed by atoms with Crippen molar-refractivity contribution in [3.8, 4) is 5.75 Å². The predicted molar refractivity (Wildman–Crippen MR) is 96.8 cm³/mol. The second-order valence-electron chi connectivity index (χ2n) is 6.31. The van der Waals surface area contributed by atoms with E-state index in [-0.39, 0.29) is 11.7 Å². The summed E-state index contributed by atoms with van der Waals surface area (Å²) in [5, 5.41) is 17.7. The van der Waals surface area contributed by atoms with Crippen LogP contribution in [0.15, 0.2) is 30.9 Å². The van der Waals surface area contributed by atoms with Gasteiger partial charge in [0.15, 0.2) is 0 Å². The lowest BCUT2D eigenvalue weighted by atomic mass is 9.93. The smallest absolute Gasteiger partial charge is 0.256 e. The SMILES string of the molecule is C=CCc1cccc(O)c1C1NC(=O)c2c(sc3c2CCCC3)N1. The molecule has 0 bridgehead atoms. The summed E-state index contributed by atoms with van der Waals surface area (Å²) < 4.78 is 0. The number of nitrogens with one attached hydrogen (secondary N) is 2. The van der Waals surface area contributed by atoms with Gasteiger partial charge in [0.25, 0.3) is 5.91 Å². The zero-order chi connectivity index (χ0) is 16.7. The number of hydrogen-bond donors (Lipinski definition) is 3. The fraction of sp³-hybridized carbons (Fsp3) is 0.316. The van der Waals surface area contributed by atoms with Crippen LogP contribution < -0.4 is 10.6 Å². The summed E-state index contributed by atoms with van der Waals surface area (Å²) in [6.07, 6.45) is 6.42. The summed E-state index contributed by atoms with van der Waals surface area (Å²) in [7, 11) is 0. The number of carbonyl (C=O) groups is 1. The van der Waals surface area contributed by atoms with Gasteiger partial charge in [-0.3, -0.25) is 4.79 Å². The van der Waals surface area contributed by atoms with Crippen LogP contribution in [0.4, 0.5) is 5.00 Å². The minimum absolute atomic E-state index is 0.0408. The molecule has 4 nitrogen and oxygen atoms in total. The van der Waals surface area contributed by atoms with E-state index in [0.717, 1.165) is 41.0 Å². The molecule has 24 heavy (non-hydrogen) atoms. The van der Waals surface area contributed by atoms with Gasteiger partial charge in [-0.15, -0.1) is 17.9 Å². The van der Waals surface area contributed by atoms with Gasteiger partial charge in [-0.05, 0) is 49.3 Å². The Morgan fingerprint density at radius 1 is 1.29 bits per heavy atom. The molecule has 4 rings (SSSR count). The number of phenols is 1. The van der Waals surface area contributed by atoms with Gasteiger partial charge in [-0.2, -0.15) is 0 Å². The number of thiophene rings is 1. The highest BCUT2D eigenvalue weighted by Crippen LogP contribution is 2.42. The Morgan fingerprint density at radius 2 is 2.12 bits per heavy atom. The third-order valence-electron chi connectivity index (χ3n) is 4.78. The molecular formula is C19H20N2O2S. The van der Waals surface area contributed by atoms with E-state index in [4.69, 9.17) is 0 Å². The number of aromatic hydroxyl groups is 1. The maximum Gasteiger partial charge on any atom is 0.256 e. The van der Waals surface area contributed by atoms with Gasteiger partial charge in [0.1, 0.15) is 16.9 Å². The van der Waals surface area contributed by atoms with E-state index >= 15 is 0 Å². The lowest BCUT2D eigenvalue weighted by Crippen LogP contribution is -2.38. The Balaban J connectivity index is 1.75. The molecule has 2 aliphatic rings. The molecule has 1 amide bonds. The lowest BCUT2D eigenvalue weighted by Gasteiger charge is -2.28. The Hall–Kier alpha value is -2.27.